The van der Waals surface area contributed by atoms with Crippen LogP contribution in [0, 0.1) is 6.92 Å². The maximum Gasteiger partial charge on any atom is 0.261 e. The smallest absolute Gasteiger partial charge is 0.261 e. The molecule has 0 heterocycles. The summed E-state index contributed by atoms with van der Waals surface area (Å²) in [6, 6.07) is 16.9. The second-order valence-electron chi connectivity index (χ2n) is 7.12. The molecule has 0 bridgehead atoms. The number of rotatable bonds is 7. The Morgan fingerprint density at radius 1 is 0.938 bits per heavy atom. The molecule has 0 radical (unpaired) electrons. The fourth-order valence-electron chi connectivity index (χ4n) is 3.07. The third-order valence-corrected chi connectivity index (χ3v) is 7.20. The summed E-state index contributed by atoms with van der Waals surface area (Å²) < 4.78 is 51.4. The number of benzene rings is 3. The maximum absolute atomic E-state index is 12.6. The molecule has 168 valence electrons. The molecule has 1 amide bonds. The Bertz CT molecular complexity index is 1370. The zero-order chi connectivity index (χ0) is 23.5. The molecule has 3 aromatic carbocycles. The van der Waals surface area contributed by atoms with E-state index >= 15 is 0 Å². The van der Waals surface area contributed by atoms with Gasteiger partial charge < -0.3 is 5.32 Å². The molecule has 32 heavy (non-hydrogen) atoms. The van der Waals surface area contributed by atoms with Crippen LogP contribution in [0.5, 0.6) is 0 Å². The largest absolute Gasteiger partial charge is 0.322 e. The van der Waals surface area contributed by atoms with Crippen LogP contribution in [0.2, 0.25) is 0 Å². The highest BCUT2D eigenvalue weighted by molar-refractivity contribution is 7.92. The second-order valence-corrected chi connectivity index (χ2v) is 10.3. The van der Waals surface area contributed by atoms with Crippen LogP contribution in [0.15, 0.2) is 76.5 Å². The average Bonchev–Trinajstić information content (AvgIpc) is 2.74. The van der Waals surface area contributed by atoms with Crippen molar-refractivity contribution in [2.75, 3.05) is 10.0 Å². The molecule has 0 atom stereocenters. The van der Waals surface area contributed by atoms with Gasteiger partial charge in [-0.3, -0.25) is 9.52 Å². The van der Waals surface area contributed by atoms with E-state index in [2.05, 4.69) is 10.0 Å². The van der Waals surface area contributed by atoms with Crippen LogP contribution >= 0.6 is 0 Å². The number of carbonyl (C=O) groups is 1. The van der Waals surface area contributed by atoms with Gasteiger partial charge in [0.2, 0.25) is 10.0 Å². The fraction of sp³-hybridized carbons (Fsp3) is 0.136. The number of hydrogen-bond donors (Lipinski definition) is 3. The number of aryl methyl sites for hydroxylation is 2. The molecule has 0 spiro atoms. The van der Waals surface area contributed by atoms with E-state index in [0.717, 1.165) is 5.56 Å². The predicted molar refractivity (Wildman–Crippen MR) is 124 cm³/mol. The van der Waals surface area contributed by atoms with Crippen LogP contribution in [0.3, 0.4) is 0 Å². The Kier molecular flexibility index (Phi) is 6.68. The van der Waals surface area contributed by atoms with E-state index in [4.69, 9.17) is 5.14 Å². The first kappa shape index (κ1) is 23.5. The molecule has 0 aliphatic rings. The maximum atomic E-state index is 12.6. The molecule has 3 aromatic rings. The Hall–Kier alpha value is -3.21. The van der Waals surface area contributed by atoms with E-state index in [1.165, 1.54) is 30.3 Å². The van der Waals surface area contributed by atoms with Crippen molar-refractivity contribution >= 4 is 37.3 Å². The summed E-state index contributed by atoms with van der Waals surface area (Å²) in [6.07, 6.45) is 0.465. The third-order valence-electron chi connectivity index (χ3n) is 4.83. The molecule has 0 unspecified atom stereocenters. The number of primary sulfonamides is 1. The number of para-hydroxylation sites is 1. The van der Waals surface area contributed by atoms with Crippen molar-refractivity contribution in [3.8, 4) is 0 Å². The topological polar surface area (TPSA) is 135 Å². The van der Waals surface area contributed by atoms with Crippen LogP contribution in [-0.4, -0.2) is 22.7 Å². The summed E-state index contributed by atoms with van der Waals surface area (Å²) in [5, 5.41) is 7.87. The molecule has 0 aliphatic heterocycles. The van der Waals surface area contributed by atoms with Crippen LogP contribution < -0.4 is 15.2 Å². The second kappa shape index (κ2) is 9.11. The molecular weight excluding hydrogens is 450 g/mol. The number of carbonyl (C=O) groups excluding carboxylic acids is 1. The van der Waals surface area contributed by atoms with Gasteiger partial charge in [0, 0.05) is 11.3 Å². The lowest BCUT2D eigenvalue weighted by Gasteiger charge is -2.12. The summed E-state index contributed by atoms with van der Waals surface area (Å²) in [6.45, 7) is 3.59. The van der Waals surface area contributed by atoms with E-state index < -0.39 is 26.0 Å². The van der Waals surface area contributed by atoms with Gasteiger partial charge >= 0.3 is 0 Å². The van der Waals surface area contributed by atoms with Gasteiger partial charge in [0.05, 0.1) is 15.5 Å². The number of sulfonamides is 2. The average molecular weight is 474 g/mol. The minimum Gasteiger partial charge on any atom is -0.322 e. The van der Waals surface area contributed by atoms with Crippen molar-refractivity contribution in [2.45, 2.75) is 30.1 Å². The quantitative estimate of drug-likeness (QED) is 0.484. The Morgan fingerprint density at radius 2 is 1.59 bits per heavy atom. The number of nitrogens with two attached hydrogens (primary N) is 1. The molecule has 3 rings (SSSR count). The number of hydrogen-bond acceptors (Lipinski definition) is 5. The lowest BCUT2D eigenvalue weighted by atomic mass is 10.1. The van der Waals surface area contributed by atoms with Gasteiger partial charge in [0.1, 0.15) is 0 Å². The van der Waals surface area contributed by atoms with E-state index in [0.29, 0.717) is 17.7 Å². The van der Waals surface area contributed by atoms with Gasteiger partial charge in [-0.05, 0) is 66.9 Å². The highest BCUT2D eigenvalue weighted by Gasteiger charge is 2.17. The molecule has 10 heteroatoms. The number of amides is 1. The zero-order valence-corrected chi connectivity index (χ0v) is 19.1. The van der Waals surface area contributed by atoms with Crippen molar-refractivity contribution in [1.29, 1.82) is 0 Å². The first-order valence-corrected chi connectivity index (χ1v) is 12.7. The van der Waals surface area contributed by atoms with Gasteiger partial charge in [0.25, 0.3) is 15.9 Å². The van der Waals surface area contributed by atoms with E-state index in [-0.39, 0.29) is 21.0 Å². The number of nitrogens with one attached hydrogen (secondary N) is 2. The molecule has 0 aromatic heterocycles. The minimum atomic E-state index is -3.94. The highest BCUT2D eigenvalue weighted by Crippen LogP contribution is 2.22. The van der Waals surface area contributed by atoms with Crippen molar-refractivity contribution in [3.05, 3.63) is 83.4 Å². The van der Waals surface area contributed by atoms with Crippen LogP contribution in [0.1, 0.15) is 28.4 Å². The molecule has 0 aliphatic carbocycles. The summed E-state index contributed by atoms with van der Waals surface area (Å²) in [7, 11) is -7.77. The minimum absolute atomic E-state index is 0.00103. The van der Waals surface area contributed by atoms with E-state index in [1.54, 1.807) is 44.2 Å². The van der Waals surface area contributed by atoms with Gasteiger partial charge in [0.15, 0.2) is 0 Å². The fourth-order valence-corrected chi connectivity index (χ4v) is 5.07. The SMILES string of the molecule is CCc1ccc(NC(=O)c2ccc(S(=O)(=O)Nc3ccccc3C)cc2)cc1S(N)(=O)=O. The third kappa shape index (κ3) is 5.34. The van der Waals surface area contributed by atoms with E-state index in [9.17, 15) is 21.6 Å². The van der Waals surface area contributed by atoms with Gasteiger partial charge in [-0.15, -0.1) is 0 Å². The standard InChI is InChI=1S/C22H23N3O5S2/c1-3-16-8-11-18(14-21(16)31(23,27)28)24-22(26)17-9-12-19(13-10-17)32(29,30)25-20-7-5-4-6-15(20)2/h4-14,25H,3H2,1-2H3,(H,24,26)(H2,23,27,28). The van der Waals surface area contributed by atoms with E-state index in [1.807, 2.05) is 6.07 Å². The normalized spacial score (nSPS) is 11.7. The van der Waals surface area contributed by atoms with Crippen molar-refractivity contribution in [1.82, 2.24) is 0 Å². The Balaban J connectivity index is 1.79. The lowest BCUT2D eigenvalue weighted by molar-refractivity contribution is 0.102. The first-order chi connectivity index (χ1) is 15.0. The first-order valence-electron chi connectivity index (χ1n) is 9.67. The van der Waals surface area contributed by atoms with Crippen LogP contribution in [-0.2, 0) is 26.5 Å². The van der Waals surface area contributed by atoms with Crippen LogP contribution in [0.4, 0.5) is 11.4 Å². The van der Waals surface area contributed by atoms with Crippen molar-refractivity contribution < 1.29 is 21.6 Å². The van der Waals surface area contributed by atoms with Gasteiger partial charge in [-0.1, -0.05) is 31.2 Å². The number of anilines is 2. The van der Waals surface area contributed by atoms with Crippen LogP contribution in [0.25, 0.3) is 0 Å². The van der Waals surface area contributed by atoms with Crippen molar-refractivity contribution in [3.63, 3.8) is 0 Å². The van der Waals surface area contributed by atoms with Gasteiger partial charge in [-0.2, -0.15) is 0 Å². The summed E-state index contributed by atoms with van der Waals surface area (Å²) >= 11 is 0. The highest BCUT2D eigenvalue weighted by atomic mass is 32.2. The van der Waals surface area contributed by atoms with Gasteiger partial charge in [-0.25, -0.2) is 22.0 Å². The molecule has 0 saturated carbocycles. The Morgan fingerprint density at radius 3 is 2.19 bits per heavy atom. The summed E-state index contributed by atoms with van der Waals surface area (Å²) in [5.41, 5.74) is 2.25. The molecule has 8 nitrogen and oxygen atoms in total. The predicted octanol–water partition coefficient (Wildman–Crippen LogP) is 3.26. The summed E-state index contributed by atoms with van der Waals surface area (Å²) in [5.74, 6) is -0.523. The summed E-state index contributed by atoms with van der Waals surface area (Å²) in [4.78, 5) is 12.5. The molecule has 0 fully saturated rings. The zero-order valence-electron chi connectivity index (χ0n) is 17.5. The molecule has 0 saturated heterocycles. The van der Waals surface area contributed by atoms with Crippen molar-refractivity contribution in [2.24, 2.45) is 5.14 Å². The monoisotopic (exact) mass is 473 g/mol. The molecule has 4 N–H and O–H groups in total. The Labute approximate surface area is 187 Å². The molecular formula is C22H23N3O5S2. The lowest BCUT2D eigenvalue weighted by Crippen LogP contribution is -2.17.